The average molecular weight is 419 g/mol. The van der Waals surface area contributed by atoms with Crippen LogP contribution >= 0.6 is 0 Å². The molecule has 0 saturated heterocycles. The number of amides is 1. The van der Waals surface area contributed by atoms with E-state index in [0.29, 0.717) is 43.4 Å². The monoisotopic (exact) mass is 419 g/mol. The van der Waals surface area contributed by atoms with Crippen molar-refractivity contribution >= 4 is 12.0 Å². The van der Waals surface area contributed by atoms with Crippen molar-refractivity contribution in [2.24, 2.45) is 0 Å². The summed E-state index contributed by atoms with van der Waals surface area (Å²) in [5, 5.41) is 0. The first-order valence-corrected chi connectivity index (χ1v) is 9.49. The van der Waals surface area contributed by atoms with Crippen molar-refractivity contribution in [3.8, 4) is 23.0 Å². The maximum absolute atomic E-state index is 12.8. The molecule has 6 nitrogen and oxygen atoms in total. The Morgan fingerprint density at radius 2 is 1.97 bits per heavy atom. The Labute approximate surface area is 173 Å². The summed E-state index contributed by atoms with van der Waals surface area (Å²) in [6.45, 7) is 0.556. The fourth-order valence-corrected chi connectivity index (χ4v) is 3.12. The predicted molar refractivity (Wildman–Crippen MR) is 107 cm³/mol. The van der Waals surface area contributed by atoms with Crippen LogP contribution in [0.4, 0.5) is 8.78 Å². The van der Waals surface area contributed by atoms with Gasteiger partial charge in [-0.15, -0.1) is 0 Å². The molecule has 0 aromatic heterocycles. The second-order valence-electron chi connectivity index (χ2n) is 6.38. The first kappa shape index (κ1) is 21.4. The third kappa shape index (κ3) is 5.00. The molecular formula is C22H23F2NO5. The quantitative estimate of drug-likeness (QED) is 0.603. The molecule has 30 heavy (non-hydrogen) atoms. The van der Waals surface area contributed by atoms with Crippen LogP contribution in [0.2, 0.25) is 0 Å². The lowest BCUT2D eigenvalue weighted by atomic mass is 10.1. The number of nitrogens with zero attached hydrogens (tertiary/aromatic N) is 1. The van der Waals surface area contributed by atoms with Crippen LogP contribution in [-0.2, 0) is 11.3 Å². The predicted octanol–water partition coefficient (Wildman–Crippen LogP) is 4.13. The molecule has 0 saturated carbocycles. The van der Waals surface area contributed by atoms with Gasteiger partial charge in [0.15, 0.2) is 23.0 Å². The highest BCUT2D eigenvalue weighted by Gasteiger charge is 2.19. The van der Waals surface area contributed by atoms with Crippen LogP contribution in [0.25, 0.3) is 6.08 Å². The second-order valence-corrected chi connectivity index (χ2v) is 6.38. The molecule has 1 amide bonds. The average Bonchev–Trinajstić information content (AvgIpc) is 2.76. The molecule has 2 aromatic carbocycles. The summed E-state index contributed by atoms with van der Waals surface area (Å²) in [5.41, 5.74) is 1.15. The van der Waals surface area contributed by atoms with Crippen LogP contribution in [0.3, 0.4) is 0 Å². The molecule has 3 rings (SSSR count). The molecule has 0 aliphatic carbocycles. The molecule has 0 fully saturated rings. The van der Waals surface area contributed by atoms with E-state index in [1.807, 2.05) is 25.1 Å². The number of halogens is 2. The Hall–Kier alpha value is -3.29. The topological polar surface area (TPSA) is 57.2 Å². The molecule has 0 N–H and O–H groups in total. The summed E-state index contributed by atoms with van der Waals surface area (Å²) in [6, 6.07) is 10.3. The molecule has 0 unspecified atom stereocenters. The smallest absolute Gasteiger partial charge is 0.387 e. The van der Waals surface area contributed by atoms with Gasteiger partial charge in [-0.25, -0.2) is 0 Å². The largest absolute Gasteiger partial charge is 0.493 e. The Kier molecular flexibility index (Phi) is 7.11. The summed E-state index contributed by atoms with van der Waals surface area (Å²) >= 11 is 0. The number of likely N-dealkylation sites (N-methyl/N-ethyl adjacent to an activating group) is 1. The van der Waals surface area contributed by atoms with Crippen LogP contribution in [0.5, 0.6) is 23.0 Å². The van der Waals surface area contributed by atoms with E-state index in [2.05, 4.69) is 4.74 Å². The molecule has 0 atom stereocenters. The van der Waals surface area contributed by atoms with Gasteiger partial charge in [0.1, 0.15) is 13.2 Å². The first-order chi connectivity index (χ1) is 14.5. The van der Waals surface area contributed by atoms with Gasteiger partial charge in [0.2, 0.25) is 5.91 Å². The van der Waals surface area contributed by atoms with Crippen LogP contribution < -0.4 is 18.9 Å². The SMILES string of the molecule is CCN(Cc1cccc2c1OCCO2)C(=O)/C=C/c1cccc(OC)c1OC(F)F. The first-order valence-electron chi connectivity index (χ1n) is 9.49. The number of hydrogen-bond donors (Lipinski definition) is 0. The number of benzene rings is 2. The number of para-hydroxylation sites is 2. The van der Waals surface area contributed by atoms with Crippen molar-refractivity contribution < 1.29 is 32.5 Å². The van der Waals surface area contributed by atoms with Crippen molar-refractivity contribution in [2.75, 3.05) is 26.9 Å². The molecular weight excluding hydrogens is 396 g/mol. The summed E-state index contributed by atoms with van der Waals surface area (Å²) < 4.78 is 46.5. The van der Waals surface area contributed by atoms with Crippen molar-refractivity contribution in [3.63, 3.8) is 0 Å². The number of rotatable bonds is 8. The summed E-state index contributed by atoms with van der Waals surface area (Å²) in [7, 11) is 1.36. The third-order valence-electron chi connectivity index (χ3n) is 4.54. The zero-order valence-corrected chi connectivity index (χ0v) is 16.8. The van der Waals surface area contributed by atoms with Crippen LogP contribution in [0.15, 0.2) is 42.5 Å². The maximum atomic E-state index is 12.8. The van der Waals surface area contributed by atoms with Gasteiger partial charge in [-0.1, -0.05) is 24.3 Å². The minimum Gasteiger partial charge on any atom is -0.493 e. The van der Waals surface area contributed by atoms with E-state index in [4.69, 9.17) is 14.2 Å². The van der Waals surface area contributed by atoms with Crippen molar-refractivity contribution in [1.82, 2.24) is 4.90 Å². The van der Waals surface area contributed by atoms with Gasteiger partial charge >= 0.3 is 6.61 Å². The molecule has 1 heterocycles. The van der Waals surface area contributed by atoms with Crippen LogP contribution in [0.1, 0.15) is 18.1 Å². The van der Waals surface area contributed by atoms with Gasteiger partial charge in [0.05, 0.1) is 7.11 Å². The van der Waals surface area contributed by atoms with E-state index >= 15 is 0 Å². The maximum Gasteiger partial charge on any atom is 0.387 e. The number of fused-ring (bicyclic) bond motifs is 1. The number of ether oxygens (including phenoxy) is 4. The van der Waals surface area contributed by atoms with Gasteiger partial charge < -0.3 is 23.8 Å². The van der Waals surface area contributed by atoms with Gasteiger partial charge in [0.25, 0.3) is 0 Å². The highest BCUT2D eigenvalue weighted by molar-refractivity contribution is 5.92. The van der Waals surface area contributed by atoms with Crippen molar-refractivity contribution in [3.05, 3.63) is 53.6 Å². The summed E-state index contributed by atoms with van der Waals surface area (Å²) in [4.78, 5) is 14.4. The fourth-order valence-electron chi connectivity index (χ4n) is 3.12. The number of hydrogen-bond acceptors (Lipinski definition) is 5. The molecule has 1 aliphatic rings. The number of methoxy groups -OCH3 is 1. The van der Waals surface area contributed by atoms with Crippen LogP contribution in [-0.4, -0.2) is 44.3 Å². The second kappa shape index (κ2) is 9.96. The van der Waals surface area contributed by atoms with E-state index in [-0.39, 0.29) is 17.4 Å². The number of carbonyl (C=O) groups excluding carboxylic acids is 1. The highest BCUT2D eigenvalue weighted by atomic mass is 19.3. The van der Waals surface area contributed by atoms with Gasteiger partial charge in [0, 0.05) is 30.3 Å². The molecule has 0 spiro atoms. The highest BCUT2D eigenvalue weighted by Crippen LogP contribution is 2.35. The molecule has 2 aromatic rings. The van der Waals surface area contributed by atoms with Crippen molar-refractivity contribution in [2.45, 2.75) is 20.1 Å². The van der Waals surface area contributed by atoms with Crippen molar-refractivity contribution in [1.29, 1.82) is 0 Å². The third-order valence-corrected chi connectivity index (χ3v) is 4.54. The van der Waals surface area contributed by atoms with Gasteiger partial charge in [-0.3, -0.25) is 4.79 Å². The zero-order chi connectivity index (χ0) is 21.5. The molecule has 0 bridgehead atoms. The van der Waals surface area contributed by atoms with Gasteiger partial charge in [-0.2, -0.15) is 8.78 Å². The number of carbonyl (C=O) groups is 1. The Bertz CT molecular complexity index is 916. The molecule has 1 aliphatic heterocycles. The van der Waals surface area contributed by atoms with E-state index in [9.17, 15) is 13.6 Å². The molecule has 0 radical (unpaired) electrons. The lowest BCUT2D eigenvalue weighted by Gasteiger charge is -2.24. The summed E-state index contributed by atoms with van der Waals surface area (Å²) in [5.74, 6) is 1.05. The minimum atomic E-state index is -3.01. The standard InChI is InChI=1S/C22H23F2NO5/c1-3-25(14-16-7-5-9-18-20(16)29-13-12-28-18)19(26)11-10-15-6-4-8-17(27-2)21(15)30-22(23)24/h4-11,22H,3,12-14H2,1-2H3/b11-10+. The molecule has 160 valence electrons. The van der Waals surface area contributed by atoms with E-state index in [1.165, 1.54) is 25.3 Å². The normalized spacial score (nSPS) is 12.8. The Balaban J connectivity index is 1.79. The zero-order valence-electron chi connectivity index (χ0n) is 16.8. The van der Waals surface area contributed by atoms with Crippen LogP contribution in [0, 0.1) is 0 Å². The summed E-state index contributed by atoms with van der Waals surface area (Å²) in [6.07, 6.45) is 2.76. The molecule has 8 heteroatoms. The van der Waals surface area contributed by atoms with Gasteiger partial charge in [-0.05, 0) is 25.1 Å². The van der Waals surface area contributed by atoms with E-state index in [1.54, 1.807) is 17.0 Å². The Morgan fingerprint density at radius 1 is 1.20 bits per heavy atom. The lowest BCUT2D eigenvalue weighted by Crippen LogP contribution is -2.29. The number of alkyl halides is 2. The minimum absolute atomic E-state index is 0.121. The van der Waals surface area contributed by atoms with E-state index in [0.717, 1.165) is 5.56 Å². The fraction of sp³-hybridized carbons (Fsp3) is 0.318. The lowest BCUT2D eigenvalue weighted by molar-refractivity contribution is -0.126. The Morgan fingerprint density at radius 3 is 2.70 bits per heavy atom. The van der Waals surface area contributed by atoms with E-state index < -0.39 is 6.61 Å².